The van der Waals surface area contributed by atoms with E-state index >= 15 is 0 Å². The minimum Gasteiger partial charge on any atom is -0.273 e. The van der Waals surface area contributed by atoms with Gasteiger partial charge in [0.1, 0.15) is 11.6 Å². The van der Waals surface area contributed by atoms with Gasteiger partial charge in [-0.05, 0) is 36.2 Å². The summed E-state index contributed by atoms with van der Waals surface area (Å²) in [4.78, 5) is 29.0. The van der Waals surface area contributed by atoms with Crippen molar-refractivity contribution >= 4 is 16.8 Å². The van der Waals surface area contributed by atoms with Crippen molar-refractivity contribution in [2.45, 2.75) is 32.4 Å². The van der Waals surface area contributed by atoms with Gasteiger partial charge in [0.25, 0.3) is 5.56 Å². The van der Waals surface area contributed by atoms with Crippen LogP contribution in [0.5, 0.6) is 0 Å². The number of nitrogens with zero attached hydrogens (tertiary/aromatic N) is 2. The molecular formula is C20H17F4N3O2. The molecule has 0 aliphatic heterocycles. The van der Waals surface area contributed by atoms with Crippen molar-refractivity contribution < 1.29 is 22.4 Å². The van der Waals surface area contributed by atoms with E-state index in [0.29, 0.717) is 6.42 Å². The fourth-order valence-corrected chi connectivity index (χ4v) is 2.92. The van der Waals surface area contributed by atoms with Crippen LogP contribution in [0.15, 0.2) is 47.3 Å². The van der Waals surface area contributed by atoms with Crippen LogP contribution in [0.25, 0.3) is 10.9 Å². The first-order valence-electron chi connectivity index (χ1n) is 8.87. The lowest BCUT2D eigenvalue weighted by Crippen LogP contribution is -2.36. The molecule has 0 spiro atoms. The Labute approximate surface area is 163 Å². The van der Waals surface area contributed by atoms with Crippen molar-refractivity contribution in [2.24, 2.45) is 0 Å². The molecule has 0 saturated heterocycles. The third kappa shape index (κ3) is 4.44. The maximum atomic E-state index is 13.2. The van der Waals surface area contributed by atoms with Crippen LogP contribution in [0.2, 0.25) is 0 Å². The number of halogens is 4. The summed E-state index contributed by atoms with van der Waals surface area (Å²) in [6.07, 6.45) is -4.21. The molecule has 1 N–H and O–H groups in total. The number of para-hydroxylation sites is 1. The number of hydrogen-bond donors (Lipinski definition) is 1. The largest absolute Gasteiger partial charge is 0.418 e. The molecule has 1 amide bonds. The molecule has 0 aliphatic carbocycles. The van der Waals surface area contributed by atoms with E-state index in [0.717, 1.165) is 22.4 Å². The lowest BCUT2D eigenvalue weighted by molar-refractivity contribution is -0.136. The minimum atomic E-state index is -4.66. The number of benzene rings is 2. The summed E-state index contributed by atoms with van der Waals surface area (Å²) in [7, 11) is 0. The van der Waals surface area contributed by atoms with E-state index in [2.05, 4.69) is 10.4 Å². The van der Waals surface area contributed by atoms with Crippen LogP contribution >= 0.6 is 0 Å². The highest BCUT2D eigenvalue weighted by atomic mass is 19.4. The average Bonchev–Trinajstić information content (AvgIpc) is 2.68. The summed E-state index contributed by atoms with van der Waals surface area (Å²) in [5.41, 5.74) is 0.909. The Morgan fingerprint density at radius 3 is 2.45 bits per heavy atom. The molecule has 0 unspecified atom stereocenters. The average molecular weight is 407 g/mol. The highest BCUT2D eigenvalue weighted by Crippen LogP contribution is 2.33. The zero-order chi connectivity index (χ0) is 21.2. The van der Waals surface area contributed by atoms with Crippen LogP contribution in [0.4, 0.5) is 17.6 Å². The molecule has 0 radical (unpaired) electrons. The first-order valence-corrected chi connectivity index (χ1v) is 8.87. The number of aromatic nitrogens is 2. The second kappa shape index (κ2) is 8.02. The topological polar surface area (TPSA) is 64.0 Å². The van der Waals surface area contributed by atoms with Crippen LogP contribution < -0.4 is 11.0 Å². The summed E-state index contributed by atoms with van der Waals surface area (Å²) >= 11 is 0. The molecule has 0 aliphatic rings. The molecule has 0 saturated carbocycles. The van der Waals surface area contributed by atoms with Crippen LogP contribution in [-0.2, 0) is 23.8 Å². The van der Waals surface area contributed by atoms with Gasteiger partial charge in [-0.1, -0.05) is 25.1 Å². The maximum absolute atomic E-state index is 13.2. The van der Waals surface area contributed by atoms with Gasteiger partial charge in [0.2, 0.25) is 5.91 Å². The monoisotopic (exact) mass is 407 g/mol. The lowest BCUT2D eigenvalue weighted by Gasteiger charge is -2.15. The highest BCUT2D eigenvalue weighted by molar-refractivity contribution is 5.85. The Balaban J connectivity index is 1.90. The molecule has 3 aromatic rings. The van der Waals surface area contributed by atoms with Gasteiger partial charge in [0.15, 0.2) is 0 Å². The zero-order valence-corrected chi connectivity index (χ0v) is 15.4. The maximum Gasteiger partial charge on any atom is 0.418 e. The number of carbonyl (C=O) groups is 1. The molecule has 29 heavy (non-hydrogen) atoms. The molecule has 5 nitrogen and oxygen atoms in total. The van der Waals surface area contributed by atoms with E-state index in [4.69, 9.17) is 0 Å². The summed E-state index contributed by atoms with van der Waals surface area (Å²) in [5, 5.41) is -0.240. The van der Waals surface area contributed by atoms with Crippen molar-refractivity contribution in [3.05, 3.63) is 75.6 Å². The van der Waals surface area contributed by atoms with Gasteiger partial charge >= 0.3 is 6.18 Å². The number of alkyl halides is 3. The fourth-order valence-electron chi connectivity index (χ4n) is 2.92. The highest BCUT2D eigenvalue weighted by Gasteiger charge is 2.34. The van der Waals surface area contributed by atoms with E-state index in [9.17, 15) is 27.2 Å². The molecule has 9 heteroatoms. The van der Waals surface area contributed by atoms with Gasteiger partial charge in [0, 0.05) is 12.8 Å². The third-order valence-electron chi connectivity index (χ3n) is 4.38. The first kappa shape index (κ1) is 20.5. The molecule has 152 valence electrons. The standard InChI is InChI=1S/C20H17F4N3O2/c1-2-16-25-18-14(4-3-5-15(18)20(22,23)24)19(29)27(16)26-17(28)11-8-12-6-9-13(21)10-7-12/h3-7,9-10H,2,8,11H2,1H3,(H,26,28). The third-order valence-corrected chi connectivity index (χ3v) is 4.38. The van der Waals surface area contributed by atoms with Gasteiger partial charge < -0.3 is 0 Å². The van der Waals surface area contributed by atoms with Crippen molar-refractivity contribution in [1.82, 2.24) is 9.66 Å². The Kier molecular flexibility index (Phi) is 5.67. The Morgan fingerprint density at radius 1 is 1.14 bits per heavy atom. The SMILES string of the molecule is CCc1nc2c(C(F)(F)F)cccc2c(=O)n1NC(=O)CCc1ccc(F)cc1. The summed E-state index contributed by atoms with van der Waals surface area (Å²) in [6, 6.07) is 8.86. The summed E-state index contributed by atoms with van der Waals surface area (Å²) < 4.78 is 53.5. The summed E-state index contributed by atoms with van der Waals surface area (Å²) in [5.74, 6) is -0.897. The van der Waals surface area contributed by atoms with Gasteiger partial charge in [-0.15, -0.1) is 0 Å². The predicted octanol–water partition coefficient (Wildman–Crippen LogP) is 3.82. The Morgan fingerprint density at radius 2 is 1.83 bits per heavy atom. The molecular weight excluding hydrogens is 390 g/mol. The van der Waals surface area contributed by atoms with E-state index in [1.165, 1.54) is 18.2 Å². The van der Waals surface area contributed by atoms with E-state index < -0.39 is 34.5 Å². The molecule has 1 aromatic heterocycles. The molecule has 3 rings (SSSR count). The Hall–Kier alpha value is -3.23. The van der Waals surface area contributed by atoms with Gasteiger partial charge in [0.05, 0.1) is 16.5 Å². The number of carbonyl (C=O) groups excluding carboxylic acids is 1. The van der Waals surface area contributed by atoms with Crippen molar-refractivity contribution in [1.29, 1.82) is 0 Å². The van der Waals surface area contributed by atoms with Crippen molar-refractivity contribution in [3.63, 3.8) is 0 Å². The second-order valence-corrected chi connectivity index (χ2v) is 6.38. The second-order valence-electron chi connectivity index (χ2n) is 6.38. The number of hydrogen-bond acceptors (Lipinski definition) is 3. The van der Waals surface area contributed by atoms with Crippen LogP contribution in [-0.4, -0.2) is 15.6 Å². The zero-order valence-electron chi connectivity index (χ0n) is 15.4. The smallest absolute Gasteiger partial charge is 0.273 e. The number of aryl methyl sites for hydroxylation is 2. The number of rotatable bonds is 5. The van der Waals surface area contributed by atoms with Gasteiger partial charge in [-0.2, -0.15) is 13.2 Å². The van der Waals surface area contributed by atoms with Crippen LogP contribution in [0, 0.1) is 5.82 Å². The summed E-state index contributed by atoms with van der Waals surface area (Å²) in [6.45, 7) is 1.62. The normalized spacial score (nSPS) is 11.6. The van der Waals surface area contributed by atoms with Crippen LogP contribution in [0.3, 0.4) is 0 Å². The quantitative estimate of drug-likeness (QED) is 0.654. The van der Waals surface area contributed by atoms with Crippen LogP contribution in [0.1, 0.15) is 30.3 Å². The number of amides is 1. The number of nitrogens with one attached hydrogen (secondary N) is 1. The first-order chi connectivity index (χ1) is 13.7. The molecule has 0 bridgehead atoms. The predicted molar refractivity (Wildman–Crippen MR) is 99.5 cm³/mol. The molecule has 0 atom stereocenters. The van der Waals surface area contributed by atoms with E-state index in [1.807, 2.05) is 0 Å². The fraction of sp³-hybridized carbons (Fsp3) is 0.250. The Bertz CT molecular complexity index is 1110. The lowest BCUT2D eigenvalue weighted by atomic mass is 10.1. The van der Waals surface area contributed by atoms with Gasteiger partial charge in [-0.3, -0.25) is 15.0 Å². The number of fused-ring (bicyclic) bond motifs is 1. The molecule has 2 aromatic carbocycles. The minimum absolute atomic E-state index is 0.00184. The van der Waals surface area contributed by atoms with E-state index in [-0.39, 0.29) is 24.1 Å². The molecule has 0 fully saturated rings. The van der Waals surface area contributed by atoms with Gasteiger partial charge in [-0.25, -0.2) is 14.1 Å². The molecule has 1 heterocycles. The van der Waals surface area contributed by atoms with Crippen molar-refractivity contribution in [2.75, 3.05) is 5.43 Å². The van der Waals surface area contributed by atoms with Crippen molar-refractivity contribution in [3.8, 4) is 0 Å². The van der Waals surface area contributed by atoms with E-state index in [1.54, 1.807) is 19.1 Å².